The van der Waals surface area contributed by atoms with Crippen LogP contribution in [0.4, 0.5) is 20.2 Å². The predicted octanol–water partition coefficient (Wildman–Crippen LogP) is 3.57. The van der Waals surface area contributed by atoms with Gasteiger partial charge < -0.3 is 15.8 Å². The number of carbonyl (C=O) groups is 1. The van der Waals surface area contributed by atoms with E-state index in [4.69, 9.17) is 10.5 Å². The lowest BCUT2D eigenvalue weighted by atomic mass is 10.1. The van der Waals surface area contributed by atoms with Crippen LogP contribution >= 0.6 is 15.9 Å². The van der Waals surface area contributed by atoms with E-state index < -0.39 is 17.5 Å². The minimum Gasteiger partial charge on any atom is -0.495 e. The molecule has 0 fully saturated rings. The van der Waals surface area contributed by atoms with Gasteiger partial charge in [0.15, 0.2) is 0 Å². The van der Waals surface area contributed by atoms with Crippen molar-refractivity contribution in [3.8, 4) is 5.75 Å². The Balaban J connectivity index is 2.26. The van der Waals surface area contributed by atoms with Gasteiger partial charge in [0.1, 0.15) is 17.4 Å². The van der Waals surface area contributed by atoms with Crippen molar-refractivity contribution < 1.29 is 18.3 Å². The van der Waals surface area contributed by atoms with E-state index in [9.17, 15) is 13.6 Å². The van der Waals surface area contributed by atoms with Gasteiger partial charge in [-0.2, -0.15) is 0 Å². The molecule has 7 heteroatoms. The average Bonchev–Trinajstić information content (AvgIpc) is 2.44. The lowest BCUT2D eigenvalue weighted by Gasteiger charge is -2.09. The fourth-order valence-electron chi connectivity index (χ4n) is 1.69. The summed E-state index contributed by atoms with van der Waals surface area (Å²) in [5.74, 6) is -1.61. The summed E-state index contributed by atoms with van der Waals surface area (Å²) in [4.78, 5) is 12.0. The SMILES string of the molecule is COc1ccc(C(=O)Nc2cc(F)c(Br)cc2F)cc1N. The zero-order valence-electron chi connectivity index (χ0n) is 10.9. The zero-order valence-corrected chi connectivity index (χ0v) is 12.5. The largest absolute Gasteiger partial charge is 0.495 e. The molecule has 0 saturated carbocycles. The van der Waals surface area contributed by atoms with Crippen molar-refractivity contribution in [3.63, 3.8) is 0 Å². The summed E-state index contributed by atoms with van der Waals surface area (Å²) < 4.78 is 32.0. The number of halogens is 3. The van der Waals surface area contributed by atoms with Crippen LogP contribution in [0.5, 0.6) is 5.75 Å². The number of rotatable bonds is 3. The fraction of sp³-hybridized carbons (Fsp3) is 0.0714. The number of amides is 1. The lowest BCUT2D eigenvalue weighted by molar-refractivity contribution is 0.102. The molecule has 0 heterocycles. The van der Waals surface area contributed by atoms with E-state index in [0.717, 1.165) is 12.1 Å². The van der Waals surface area contributed by atoms with Crippen LogP contribution in [0.2, 0.25) is 0 Å². The minimum atomic E-state index is -0.752. The highest BCUT2D eigenvalue weighted by Gasteiger charge is 2.13. The van der Waals surface area contributed by atoms with E-state index >= 15 is 0 Å². The summed E-state index contributed by atoms with van der Waals surface area (Å²) in [7, 11) is 1.45. The Kier molecular flexibility index (Phi) is 4.42. The third-order valence-corrected chi connectivity index (χ3v) is 3.36. The number of carbonyl (C=O) groups excluding carboxylic acids is 1. The molecule has 0 saturated heterocycles. The van der Waals surface area contributed by atoms with Gasteiger partial charge in [-0.05, 0) is 40.2 Å². The lowest BCUT2D eigenvalue weighted by Crippen LogP contribution is -2.13. The molecule has 2 rings (SSSR count). The molecule has 2 aromatic rings. The van der Waals surface area contributed by atoms with Gasteiger partial charge in [-0.3, -0.25) is 4.79 Å². The van der Waals surface area contributed by atoms with Crippen molar-refractivity contribution in [1.29, 1.82) is 0 Å². The molecular weight excluding hydrogens is 346 g/mol. The highest BCUT2D eigenvalue weighted by atomic mass is 79.9. The predicted molar refractivity (Wildman–Crippen MR) is 79.4 cm³/mol. The molecule has 0 bridgehead atoms. The molecule has 21 heavy (non-hydrogen) atoms. The summed E-state index contributed by atoms with van der Waals surface area (Å²) in [6.07, 6.45) is 0. The van der Waals surface area contributed by atoms with Crippen LogP contribution in [0.1, 0.15) is 10.4 Å². The molecule has 0 aliphatic heterocycles. The monoisotopic (exact) mass is 356 g/mol. The Labute approximate surface area is 128 Å². The van der Waals surface area contributed by atoms with Crippen molar-refractivity contribution in [2.24, 2.45) is 0 Å². The van der Waals surface area contributed by atoms with E-state index in [1.165, 1.54) is 25.3 Å². The number of methoxy groups -OCH3 is 1. The smallest absolute Gasteiger partial charge is 0.255 e. The second-order valence-electron chi connectivity index (χ2n) is 4.16. The second-order valence-corrected chi connectivity index (χ2v) is 5.01. The Morgan fingerprint density at radius 1 is 1.24 bits per heavy atom. The van der Waals surface area contributed by atoms with Crippen LogP contribution < -0.4 is 15.8 Å². The standard InChI is InChI=1S/C14H11BrF2N2O2/c1-21-13-3-2-7(4-11(13)18)14(20)19-12-6-9(16)8(15)5-10(12)17/h2-6H,18H2,1H3,(H,19,20). The summed E-state index contributed by atoms with van der Waals surface area (Å²) in [6, 6.07) is 6.21. The van der Waals surface area contributed by atoms with Crippen LogP contribution in [-0.4, -0.2) is 13.0 Å². The molecule has 1 amide bonds. The Hall–Kier alpha value is -2.15. The topological polar surface area (TPSA) is 64.3 Å². The number of hydrogen-bond acceptors (Lipinski definition) is 3. The van der Waals surface area contributed by atoms with Gasteiger partial charge in [-0.15, -0.1) is 0 Å². The quantitative estimate of drug-likeness (QED) is 0.652. The number of nitrogen functional groups attached to an aromatic ring is 1. The third kappa shape index (κ3) is 3.30. The van der Waals surface area contributed by atoms with E-state index in [0.29, 0.717) is 5.75 Å². The highest BCUT2D eigenvalue weighted by molar-refractivity contribution is 9.10. The van der Waals surface area contributed by atoms with E-state index in [2.05, 4.69) is 21.2 Å². The maximum atomic E-state index is 13.6. The van der Waals surface area contributed by atoms with Gasteiger partial charge in [0, 0.05) is 11.6 Å². The normalized spacial score (nSPS) is 10.3. The van der Waals surface area contributed by atoms with Crippen LogP contribution in [0.3, 0.4) is 0 Å². The van der Waals surface area contributed by atoms with E-state index in [-0.39, 0.29) is 21.4 Å². The van der Waals surface area contributed by atoms with Crippen molar-refractivity contribution in [1.82, 2.24) is 0 Å². The first-order chi connectivity index (χ1) is 9.92. The van der Waals surface area contributed by atoms with Crippen molar-refractivity contribution in [3.05, 3.63) is 52.0 Å². The Morgan fingerprint density at radius 3 is 2.57 bits per heavy atom. The number of hydrogen-bond donors (Lipinski definition) is 2. The summed E-state index contributed by atoms with van der Waals surface area (Å²) in [5.41, 5.74) is 5.91. The fourth-order valence-corrected chi connectivity index (χ4v) is 2.00. The maximum Gasteiger partial charge on any atom is 0.255 e. The molecule has 0 atom stereocenters. The summed E-state index contributed by atoms with van der Waals surface area (Å²) in [5, 5.41) is 2.29. The molecule has 0 aliphatic carbocycles. The molecule has 2 aromatic carbocycles. The molecular formula is C14H11BrF2N2O2. The second kappa shape index (κ2) is 6.09. The molecule has 0 unspecified atom stereocenters. The van der Waals surface area contributed by atoms with Gasteiger partial charge in [0.2, 0.25) is 0 Å². The van der Waals surface area contributed by atoms with Crippen LogP contribution in [0.15, 0.2) is 34.8 Å². The molecule has 0 aromatic heterocycles. The van der Waals surface area contributed by atoms with Gasteiger partial charge in [-0.25, -0.2) is 8.78 Å². The summed E-state index contributed by atoms with van der Waals surface area (Å²) in [6.45, 7) is 0. The summed E-state index contributed by atoms with van der Waals surface area (Å²) >= 11 is 2.86. The van der Waals surface area contributed by atoms with Gasteiger partial charge >= 0.3 is 0 Å². The first kappa shape index (κ1) is 15.2. The van der Waals surface area contributed by atoms with Gasteiger partial charge in [0.05, 0.1) is 23.0 Å². The van der Waals surface area contributed by atoms with E-state index in [1.54, 1.807) is 0 Å². The van der Waals surface area contributed by atoms with Crippen LogP contribution in [0.25, 0.3) is 0 Å². The highest BCUT2D eigenvalue weighted by Crippen LogP contribution is 2.25. The minimum absolute atomic E-state index is 0.0216. The van der Waals surface area contributed by atoms with Gasteiger partial charge in [0.25, 0.3) is 5.91 Å². The Bertz CT molecular complexity index is 708. The molecule has 4 nitrogen and oxygen atoms in total. The number of nitrogens with one attached hydrogen (secondary N) is 1. The van der Waals surface area contributed by atoms with Gasteiger partial charge in [-0.1, -0.05) is 0 Å². The number of ether oxygens (including phenoxy) is 1. The number of anilines is 2. The number of benzene rings is 2. The van der Waals surface area contributed by atoms with Crippen LogP contribution in [-0.2, 0) is 0 Å². The molecule has 0 radical (unpaired) electrons. The van der Waals surface area contributed by atoms with Crippen LogP contribution in [0, 0.1) is 11.6 Å². The molecule has 0 spiro atoms. The average molecular weight is 357 g/mol. The maximum absolute atomic E-state index is 13.6. The third-order valence-electron chi connectivity index (χ3n) is 2.75. The number of nitrogens with two attached hydrogens (primary N) is 1. The molecule has 0 aliphatic rings. The first-order valence-corrected chi connectivity index (χ1v) is 6.61. The molecule has 110 valence electrons. The molecule has 3 N–H and O–H groups in total. The zero-order chi connectivity index (χ0) is 15.6. The van der Waals surface area contributed by atoms with Crippen molar-refractivity contribution >= 4 is 33.2 Å². The first-order valence-electron chi connectivity index (χ1n) is 5.81. The van der Waals surface area contributed by atoms with Crippen molar-refractivity contribution in [2.75, 3.05) is 18.2 Å². The van der Waals surface area contributed by atoms with Crippen molar-refractivity contribution in [2.45, 2.75) is 0 Å². The van der Waals surface area contributed by atoms with E-state index in [1.807, 2.05) is 0 Å². The Morgan fingerprint density at radius 2 is 1.95 bits per heavy atom.